The SMILES string of the molecule is O=C1COc2ccc(NC(=O)C(F)(F)F)cc2N1CCOc1ccc(Cl)cc1. The van der Waals surface area contributed by atoms with Crippen LogP contribution in [0.1, 0.15) is 0 Å². The molecule has 148 valence electrons. The molecule has 0 spiro atoms. The molecule has 2 amide bonds. The first-order chi connectivity index (χ1) is 13.2. The van der Waals surface area contributed by atoms with E-state index in [0.717, 1.165) is 0 Å². The van der Waals surface area contributed by atoms with Gasteiger partial charge in [0.05, 0.1) is 12.2 Å². The minimum Gasteiger partial charge on any atom is -0.492 e. The maximum atomic E-state index is 12.4. The fourth-order valence-electron chi connectivity index (χ4n) is 2.51. The van der Waals surface area contributed by atoms with Crippen molar-refractivity contribution in [1.82, 2.24) is 0 Å². The highest BCUT2D eigenvalue weighted by molar-refractivity contribution is 6.30. The minimum absolute atomic E-state index is 0.108. The van der Waals surface area contributed by atoms with Gasteiger partial charge in [-0.3, -0.25) is 9.59 Å². The standard InChI is InChI=1S/C18H14ClF3N2O4/c19-11-1-4-13(5-2-11)27-8-7-24-14-9-12(23-17(26)18(20,21)22)3-6-15(14)28-10-16(24)25/h1-6,9H,7-8,10H2,(H,23,26). The van der Waals surface area contributed by atoms with Crippen LogP contribution in [0.5, 0.6) is 11.5 Å². The lowest BCUT2D eigenvalue weighted by atomic mass is 10.2. The molecule has 1 aliphatic heterocycles. The maximum absolute atomic E-state index is 12.4. The van der Waals surface area contributed by atoms with Crippen LogP contribution in [0, 0.1) is 0 Å². The van der Waals surface area contributed by atoms with Crippen molar-refractivity contribution in [1.29, 1.82) is 0 Å². The number of halogens is 4. The predicted molar refractivity (Wildman–Crippen MR) is 95.9 cm³/mol. The first-order valence-corrected chi connectivity index (χ1v) is 8.45. The van der Waals surface area contributed by atoms with E-state index >= 15 is 0 Å². The number of nitrogens with zero attached hydrogens (tertiary/aromatic N) is 1. The Kier molecular flexibility index (Phi) is 5.64. The van der Waals surface area contributed by atoms with Gasteiger partial charge < -0.3 is 19.7 Å². The number of hydrogen-bond donors (Lipinski definition) is 1. The molecule has 0 fully saturated rings. The summed E-state index contributed by atoms with van der Waals surface area (Å²) < 4.78 is 48.2. The fraction of sp³-hybridized carbons (Fsp3) is 0.222. The van der Waals surface area contributed by atoms with Gasteiger partial charge in [-0.2, -0.15) is 13.2 Å². The van der Waals surface area contributed by atoms with Crippen LogP contribution in [0.15, 0.2) is 42.5 Å². The van der Waals surface area contributed by atoms with Crippen LogP contribution in [-0.2, 0) is 9.59 Å². The summed E-state index contributed by atoms with van der Waals surface area (Å²) in [5, 5.41) is 2.31. The molecule has 0 radical (unpaired) electrons. The Morgan fingerprint density at radius 1 is 1.21 bits per heavy atom. The quantitative estimate of drug-likeness (QED) is 0.811. The van der Waals surface area contributed by atoms with E-state index in [2.05, 4.69) is 0 Å². The Morgan fingerprint density at radius 2 is 1.93 bits per heavy atom. The third-order valence-corrected chi connectivity index (χ3v) is 4.07. The van der Waals surface area contributed by atoms with Crippen LogP contribution in [0.4, 0.5) is 24.5 Å². The molecule has 6 nitrogen and oxygen atoms in total. The summed E-state index contributed by atoms with van der Waals surface area (Å²) in [6, 6.07) is 10.5. The van der Waals surface area contributed by atoms with Gasteiger partial charge in [-0.25, -0.2) is 0 Å². The van der Waals surface area contributed by atoms with Gasteiger partial charge in [0.25, 0.3) is 5.91 Å². The van der Waals surface area contributed by atoms with Crippen LogP contribution >= 0.6 is 11.6 Å². The summed E-state index contributed by atoms with van der Waals surface area (Å²) in [6.45, 7) is 0.0582. The van der Waals surface area contributed by atoms with Crippen LogP contribution in [0.3, 0.4) is 0 Å². The van der Waals surface area contributed by atoms with Crippen LogP contribution in [-0.4, -0.2) is 37.7 Å². The van der Waals surface area contributed by atoms with Gasteiger partial charge in [0.2, 0.25) is 0 Å². The van der Waals surface area contributed by atoms with E-state index in [1.807, 2.05) is 0 Å². The van der Waals surface area contributed by atoms with Crippen molar-refractivity contribution in [2.24, 2.45) is 0 Å². The number of rotatable bonds is 5. The zero-order valence-corrected chi connectivity index (χ0v) is 15.0. The van der Waals surface area contributed by atoms with Gasteiger partial charge >= 0.3 is 12.1 Å². The van der Waals surface area contributed by atoms with Crippen molar-refractivity contribution < 1.29 is 32.2 Å². The second kappa shape index (κ2) is 7.97. The van der Waals surface area contributed by atoms with Crippen LogP contribution in [0.2, 0.25) is 5.02 Å². The van der Waals surface area contributed by atoms with E-state index in [4.69, 9.17) is 21.1 Å². The average molecular weight is 415 g/mol. The van der Waals surface area contributed by atoms with Gasteiger partial charge in [-0.1, -0.05) is 11.6 Å². The first-order valence-electron chi connectivity index (χ1n) is 8.08. The number of anilines is 2. The molecular weight excluding hydrogens is 401 g/mol. The molecule has 2 aromatic rings. The normalized spacial score (nSPS) is 13.6. The van der Waals surface area contributed by atoms with Gasteiger partial charge in [0.15, 0.2) is 6.61 Å². The van der Waals surface area contributed by atoms with Crippen molar-refractivity contribution in [2.45, 2.75) is 6.18 Å². The summed E-state index contributed by atoms with van der Waals surface area (Å²) in [6.07, 6.45) is -5.02. The molecule has 28 heavy (non-hydrogen) atoms. The number of carbonyl (C=O) groups is 2. The predicted octanol–water partition coefficient (Wildman–Crippen LogP) is 3.65. The lowest BCUT2D eigenvalue weighted by molar-refractivity contribution is -0.167. The molecule has 1 heterocycles. The fourth-order valence-corrected chi connectivity index (χ4v) is 2.64. The van der Waals surface area contributed by atoms with E-state index in [-0.39, 0.29) is 37.0 Å². The second-order valence-corrected chi connectivity index (χ2v) is 6.21. The highest BCUT2D eigenvalue weighted by atomic mass is 35.5. The van der Waals surface area contributed by atoms with Gasteiger partial charge in [0, 0.05) is 10.7 Å². The summed E-state index contributed by atoms with van der Waals surface area (Å²) >= 11 is 5.80. The Morgan fingerprint density at radius 3 is 2.61 bits per heavy atom. The smallest absolute Gasteiger partial charge is 0.471 e. The van der Waals surface area contributed by atoms with Gasteiger partial charge in [-0.15, -0.1) is 0 Å². The Balaban J connectivity index is 1.72. The number of amides is 2. The summed E-state index contributed by atoms with van der Waals surface area (Å²) in [5.41, 5.74) is 0.138. The topological polar surface area (TPSA) is 67.9 Å². The first kappa shape index (κ1) is 19.8. The van der Waals surface area contributed by atoms with Crippen molar-refractivity contribution in [3.05, 3.63) is 47.5 Å². The number of nitrogens with one attached hydrogen (secondary N) is 1. The van der Waals surface area contributed by atoms with Crippen LogP contribution in [0.25, 0.3) is 0 Å². The second-order valence-electron chi connectivity index (χ2n) is 5.77. The molecular formula is C18H14ClF3N2O4. The highest BCUT2D eigenvalue weighted by Gasteiger charge is 2.39. The highest BCUT2D eigenvalue weighted by Crippen LogP contribution is 2.35. The number of alkyl halides is 3. The van der Waals surface area contributed by atoms with E-state index in [0.29, 0.717) is 16.5 Å². The van der Waals surface area contributed by atoms with E-state index < -0.39 is 12.1 Å². The lowest BCUT2D eigenvalue weighted by Gasteiger charge is -2.29. The third kappa shape index (κ3) is 4.66. The van der Waals surface area contributed by atoms with E-state index in [9.17, 15) is 22.8 Å². The van der Waals surface area contributed by atoms with Crippen LogP contribution < -0.4 is 19.7 Å². The maximum Gasteiger partial charge on any atom is 0.471 e. The average Bonchev–Trinajstić information content (AvgIpc) is 2.64. The Bertz CT molecular complexity index is 887. The molecule has 2 aromatic carbocycles. The van der Waals surface area contributed by atoms with Crippen molar-refractivity contribution in [3.8, 4) is 11.5 Å². The van der Waals surface area contributed by atoms with Crippen molar-refractivity contribution in [3.63, 3.8) is 0 Å². The number of carbonyl (C=O) groups excluding carboxylic acids is 2. The van der Waals surface area contributed by atoms with Crippen molar-refractivity contribution in [2.75, 3.05) is 30.0 Å². The number of ether oxygens (including phenoxy) is 2. The Hall–Kier alpha value is -2.94. The van der Waals surface area contributed by atoms with Gasteiger partial charge in [-0.05, 0) is 42.5 Å². The molecule has 10 heteroatoms. The third-order valence-electron chi connectivity index (χ3n) is 3.81. The molecule has 0 aromatic heterocycles. The largest absolute Gasteiger partial charge is 0.492 e. The van der Waals surface area contributed by atoms with E-state index in [1.54, 1.807) is 29.6 Å². The molecule has 0 bridgehead atoms. The molecule has 0 saturated heterocycles. The molecule has 1 aliphatic rings. The van der Waals surface area contributed by atoms with Crippen molar-refractivity contribution >= 4 is 34.8 Å². The summed E-state index contributed by atoms with van der Waals surface area (Å²) in [5.74, 6) is -1.62. The Labute approximate surface area is 162 Å². The number of fused-ring (bicyclic) bond motifs is 1. The number of hydrogen-bond acceptors (Lipinski definition) is 4. The molecule has 0 aliphatic carbocycles. The zero-order chi connectivity index (χ0) is 20.3. The molecule has 3 rings (SSSR count). The molecule has 0 atom stereocenters. The van der Waals surface area contributed by atoms with Gasteiger partial charge in [0.1, 0.15) is 18.1 Å². The summed E-state index contributed by atoms with van der Waals surface area (Å²) in [4.78, 5) is 24.7. The zero-order valence-electron chi connectivity index (χ0n) is 14.3. The minimum atomic E-state index is -5.02. The van der Waals surface area contributed by atoms with E-state index in [1.165, 1.54) is 23.1 Å². The molecule has 1 N–H and O–H groups in total. The lowest BCUT2D eigenvalue weighted by Crippen LogP contribution is -2.41. The number of benzene rings is 2. The summed E-state index contributed by atoms with van der Waals surface area (Å²) in [7, 11) is 0. The monoisotopic (exact) mass is 414 g/mol. The molecule has 0 saturated carbocycles. The molecule has 0 unspecified atom stereocenters.